The first-order valence-electron chi connectivity index (χ1n) is 6.65. The third kappa shape index (κ3) is 4.44. The highest BCUT2D eigenvalue weighted by atomic mass is 32.1. The first-order valence-corrected chi connectivity index (χ1v) is 7.59. The van der Waals surface area contributed by atoms with Crippen molar-refractivity contribution in [2.75, 3.05) is 6.54 Å². The molecule has 1 heterocycles. The molecule has 0 saturated heterocycles. The minimum Gasteiger partial charge on any atom is -0.314 e. The molecule has 1 N–H and O–H groups in total. The summed E-state index contributed by atoms with van der Waals surface area (Å²) >= 11 is 1.71. The summed E-state index contributed by atoms with van der Waals surface area (Å²) in [6.07, 6.45) is 0.951. The van der Waals surface area contributed by atoms with Crippen LogP contribution in [0.5, 0.6) is 0 Å². The van der Waals surface area contributed by atoms with Gasteiger partial charge in [0.25, 0.3) is 0 Å². The largest absolute Gasteiger partial charge is 0.314 e. The van der Waals surface area contributed by atoms with E-state index in [-0.39, 0.29) is 5.82 Å². The van der Waals surface area contributed by atoms with Crippen molar-refractivity contribution in [2.24, 2.45) is 0 Å². The molecule has 1 unspecified atom stereocenters. The van der Waals surface area contributed by atoms with Gasteiger partial charge in [-0.25, -0.2) is 4.39 Å². The minimum atomic E-state index is -0.155. The Hall–Kier alpha value is -1.19. The van der Waals surface area contributed by atoms with Crippen molar-refractivity contribution in [3.63, 3.8) is 0 Å². The summed E-state index contributed by atoms with van der Waals surface area (Å²) in [5.41, 5.74) is 2.39. The molecule has 1 nitrogen and oxygen atoms in total. The molecular weight excluding hydrogens is 257 g/mol. The van der Waals surface area contributed by atoms with E-state index in [1.165, 1.54) is 11.6 Å². The van der Waals surface area contributed by atoms with Crippen LogP contribution in [0.15, 0.2) is 41.1 Å². The van der Waals surface area contributed by atoms with Crippen molar-refractivity contribution in [3.05, 3.63) is 58.0 Å². The summed E-state index contributed by atoms with van der Waals surface area (Å²) < 4.78 is 13.4. The number of hydrogen-bond acceptors (Lipinski definition) is 2. The lowest BCUT2D eigenvalue weighted by molar-refractivity contribution is 0.524. The van der Waals surface area contributed by atoms with E-state index in [0.717, 1.165) is 18.5 Å². The normalized spacial score (nSPS) is 12.8. The zero-order valence-corrected chi connectivity index (χ0v) is 12.2. The van der Waals surface area contributed by atoms with Crippen LogP contribution in [0.3, 0.4) is 0 Å². The van der Waals surface area contributed by atoms with Crippen LogP contribution in [0.25, 0.3) is 0 Å². The van der Waals surface area contributed by atoms with Crippen LogP contribution in [0.2, 0.25) is 0 Å². The third-order valence-corrected chi connectivity index (χ3v) is 3.89. The first kappa shape index (κ1) is 14.2. The fourth-order valence-electron chi connectivity index (χ4n) is 2.14. The van der Waals surface area contributed by atoms with Gasteiger partial charge in [-0.1, -0.05) is 26.0 Å². The highest BCUT2D eigenvalue weighted by Crippen LogP contribution is 2.22. The molecule has 0 saturated carbocycles. The monoisotopic (exact) mass is 277 g/mol. The smallest absolute Gasteiger partial charge is 0.123 e. The average molecular weight is 277 g/mol. The van der Waals surface area contributed by atoms with Crippen LogP contribution >= 0.6 is 11.3 Å². The van der Waals surface area contributed by atoms with Gasteiger partial charge in [-0.2, -0.15) is 11.3 Å². The molecule has 0 aliphatic carbocycles. The lowest BCUT2D eigenvalue weighted by Gasteiger charge is -2.19. The topological polar surface area (TPSA) is 12.0 Å². The number of rotatable bonds is 6. The van der Waals surface area contributed by atoms with Gasteiger partial charge in [0.1, 0.15) is 5.82 Å². The number of nitrogens with one attached hydrogen (secondary N) is 1. The molecule has 3 heteroatoms. The Balaban J connectivity index is 2.13. The summed E-state index contributed by atoms with van der Waals surface area (Å²) in [5.74, 6) is 0.157. The van der Waals surface area contributed by atoms with Gasteiger partial charge in [-0.15, -0.1) is 0 Å². The van der Waals surface area contributed by atoms with Crippen LogP contribution < -0.4 is 5.32 Å². The Morgan fingerprint density at radius 2 is 2.11 bits per heavy atom. The van der Waals surface area contributed by atoms with Crippen molar-refractivity contribution in [1.82, 2.24) is 5.32 Å². The third-order valence-electron chi connectivity index (χ3n) is 3.15. The lowest BCUT2D eigenvalue weighted by Crippen LogP contribution is -2.28. The second kappa shape index (κ2) is 6.83. The molecule has 102 valence electrons. The maximum atomic E-state index is 13.4. The van der Waals surface area contributed by atoms with E-state index in [2.05, 4.69) is 36.0 Å². The zero-order valence-electron chi connectivity index (χ0n) is 11.4. The Morgan fingerprint density at radius 3 is 2.74 bits per heavy atom. The van der Waals surface area contributed by atoms with Crippen LogP contribution in [0.1, 0.15) is 30.9 Å². The Kier molecular flexibility index (Phi) is 5.11. The fourth-order valence-corrected chi connectivity index (χ4v) is 2.82. The second-order valence-electron chi connectivity index (χ2n) is 5.15. The highest BCUT2D eigenvalue weighted by Gasteiger charge is 2.14. The molecule has 0 spiro atoms. The molecule has 1 aromatic carbocycles. The van der Waals surface area contributed by atoms with E-state index in [1.807, 2.05) is 6.07 Å². The van der Waals surface area contributed by atoms with Gasteiger partial charge in [0.15, 0.2) is 0 Å². The maximum Gasteiger partial charge on any atom is 0.123 e. The minimum absolute atomic E-state index is 0.155. The molecule has 2 aromatic rings. The lowest BCUT2D eigenvalue weighted by atomic mass is 9.92. The van der Waals surface area contributed by atoms with Gasteiger partial charge in [-0.3, -0.25) is 0 Å². The molecule has 0 bridgehead atoms. The van der Waals surface area contributed by atoms with Gasteiger partial charge >= 0.3 is 0 Å². The van der Waals surface area contributed by atoms with Crippen LogP contribution in [0, 0.1) is 5.82 Å². The zero-order chi connectivity index (χ0) is 13.7. The molecule has 0 radical (unpaired) electrons. The summed E-state index contributed by atoms with van der Waals surface area (Å²) in [4.78, 5) is 0. The Bertz CT molecular complexity index is 493. The molecule has 1 atom stereocenters. The van der Waals surface area contributed by atoms with E-state index in [4.69, 9.17) is 0 Å². The molecule has 0 aliphatic heterocycles. The van der Waals surface area contributed by atoms with Gasteiger partial charge < -0.3 is 5.32 Å². The standard InChI is InChI=1S/C16H20FNS/c1-12(2)18-10-15(8-13-6-7-19-11-13)14-4-3-5-16(17)9-14/h3-7,9,11-12,15,18H,8,10H2,1-2H3. The van der Waals surface area contributed by atoms with E-state index in [9.17, 15) is 4.39 Å². The van der Waals surface area contributed by atoms with Crippen LogP contribution in [0.4, 0.5) is 4.39 Å². The van der Waals surface area contributed by atoms with Gasteiger partial charge in [0.2, 0.25) is 0 Å². The predicted octanol–water partition coefficient (Wildman–Crippen LogP) is 4.21. The van der Waals surface area contributed by atoms with E-state index < -0.39 is 0 Å². The van der Waals surface area contributed by atoms with Crippen LogP contribution in [-0.4, -0.2) is 12.6 Å². The molecule has 19 heavy (non-hydrogen) atoms. The summed E-state index contributed by atoms with van der Waals surface area (Å²) in [6, 6.07) is 9.55. The van der Waals surface area contributed by atoms with Crippen molar-refractivity contribution in [3.8, 4) is 0 Å². The molecule has 0 aliphatic rings. The van der Waals surface area contributed by atoms with E-state index in [0.29, 0.717) is 12.0 Å². The summed E-state index contributed by atoms with van der Waals surface area (Å²) in [5, 5.41) is 7.72. The number of thiophene rings is 1. The Morgan fingerprint density at radius 1 is 1.26 bits per heavy atom. The summed E-state index contributed by atoms with van der Waals surface area (Å²) in [7, 11) is 0. The molecular formula is C16H20FNS. The van der Waals surface area contributed by atoms with Crippen LogP contribution in [-0.2, 0) is 6.42 Å². The van der Waals surface area contributed by atoms with Crippen molar-refractivity contribution < 1.29 is 4.39 Å². The second-order valence-corrected chi connectivity index (χ2v) is 5.93. The molecule has 0 fully saturated rings. The van der Waals surface area contributed by atoms with Gasteiger partial charge in [0, 0.05) is 18.5 Å². The first-order chi connectivity index (χ1) is 9.15. The van der Waals surface area contributed by atoms with Gasteiger partial charge in [0.05, 0.1) is 0 Å². The number of halogens is 1. The predicted molar refractivity (Wildman–Crippen MR) is 80.3 cm³/mol. The molecule has 1 aromatic heterocycles. The number of benzene rings is 1. The molecule has 2 rings (SSSR count). The summed E-state index contributed by atoms with van der Waals surface area (Å²) in [6.45, 7) is 5.14. The van der Waals surface area contributed by atoms with Crippen molar-refractivity contribution in [1.29, 1.82) is 0 Å². The maximum absolute atomic E-state index is 13.4. The van der Waals surface area contributed by atoms with Crippen molar-refractivity contribution >= 4 is 11.3 Å². The van der Waals surface area contributed by atoms with Crippen molar-refractivity contribution in [2.45, 2.75) is 32.2 Å². The average Bonchev–Trinajstić information content (AvgIpc) is 2.87. The van der Waals surface area contributed by atoms with E-state index >= 15 is 0 Å². The Labute approximate surface area is 118 Å². The SMILES string of the molecule is CC(C)NCC(Cc1ccsc1)c1cccc(F)c1. The number of hydrogen-bond donors (Lipinski definition) is 1. The quantitative estimate of drug-likeness (QED) is 0.834. The fraction of sp³-hybridized carbons (Fsp3) is 0.375. The molecule has 0 amide bonds. The van der Waals surface area contributed by atoms with Gasteiger partial charge in [-0.05, 0) is 46.5 Å². The highest BCUT2D eigenvalue weighted by molar-refractivity contribution is 7.07. The van der Waals surface area contributed by atoms with E-state index in [1.54, 1.807) is 23.5 Å².